The monoisotopic (exact) mass is 243 g/mol. The van der Waals surface area contributed by atoms with Crippen LogP contribution in [-0.2, 0) is 4.74 Å². The lowest BCUT2D eigenvalue weighted by Crippen LogP contribution is -2.27. The second kappa shape index (κ2) is 9.90. The Bertz CT molecular complexity index is 167. The smallest absolute Gasteiger partial charge is 0.0494 e. The van der Waals surface area contributed by atoms with Crippen molar-refractivity contribution in [2.75, 3.05) is 26.3 Å². The summed E-state index contributed by atoms with van der Waals surface area (Å²) in [7, 11) is 0. The molecule has 104 valence electrons. The van der Waals surface area contributed by atoms with E-state index in [0.717, 1.165) is 31.6 Å². The number of nitrogens with one attached hydrogen (secondary N) is 1. The summed E-state index contributed by atoms with van der Waals surface area (Å²) in [6, 6.07) is 0. The summed E-state index contributed by atoms with van der Waals surface area (Å²) in [6.07, 6.45) is 9.40. The normalized spacial score (nSPS) is 25.1. The largest absolute Gasteiger partial charge is 0.381 e. The maximum Gasteiger partial charge on any atom is 0.0494 e. The van der Waals surface area contributed by atoms with Crippen molar-refractivity contribution in [2.45, 2.75) is 58.8 Å². The van der Waals surface area contributed by atoms with Crippen LogP contribution in [0, 0.1) is 11.8 Å². The van der Waals surface area contributed by atoms with Gasteiger partial charge in [0.2, 0.25) is 0 Å². The summed E-state index contributed by atoms with van der Waals surface area (Å²) in [4.78, 5) is 0. The maximum atomic E-state index is 5.78. The second-order valence-electron chi connectivity index (χ2n) is 5.48. The van der Waals surface area contributed by atoms with Crippen LogP contribution in [0.3, 0.4) is 0 Å². The molecule has 1 aliphatic rings. The summed E-state index contributed by atoms with van der Waals surface area (Å²) in [5.74, 6) is 1.76. The molecule has 0 unspecified atom stereocenters. The van der Waals surface area contributed by atoms with E-state index < -0.39 is 0 Å². The molecule has 2 heteroatoms. The third-order valence-electron chi connectivity index (χ3n) is 3.90. The molecule has 17 heavy (non-hydrogen) atoms. The van der Waals surface area contributed by atoms with Gasteiger partial charge in [0.1, 0.15) is 0 Å². The van der Waals surface area contributed by atoms with Gasteiger partial charge in [-0.1, -0.05) is 26.7 Å². The highest BCUT2D eigenvalue weighted by molar-refractivity contribution is 4.73. The number of hydrogen-bond donors (Lipinski definition) is 1. The van der Waals surface area contributed by atoms with E-state index in [-0.39, 0.29) is 1.43 Å². The highest BCUT2D eigenvalue weighted by atomic mass is 16.5. The van der Waals surface area contributed by atoms with Crippen LogP contribution in [0.25, 0.3) is 0 Å². The van der Waals surface area contributed by atoms with Gasteiger partial charge in [0.05, 0.1) is 0 Å². The minimum absolute atomic E-state index is 0. The fourth-order valence-electron chi connectivity index (χ4n) is 2.65. The highest BCUT2D eigenvalue weighted by Gasteiger charge is 2.20. The Morgan fingerprint density at radius 2 is 1.76 bits per heavy atom. The van der Waals surface area contributed by atoms with Crippen LogP contribution in [0.2, 0.25) is 0 Å². The fourth-order valence-corrected chi connectivity index (χ4v) is 2.65. The Morgan fingerprint density at radius 3 is 2.41 bits per heavy atom. The minimum atomic E-state index is 0. The number of rotatable bonds is 9. The van der Waals surface area contributed by atoms with Gasteiger partial charge in [0, 0.05) is 14.6 Å². The van der Waals surface area contributed by atoms with Crippen molar-refractivity contribution in [3.8, 4) is 0 Å². The van der Waals surface area contributed by atoms with Crippen molar-refractivity contribution < 1.29 is 6.16 Å². The first kappa shape index (κ1) is 15.0. The molecule has 0 spiro atoms. The molecule has 1 N–H and O–H groups in total. The molecule has 0 aliphatic heterocycles. The summed E-state index contributed by atoms with van der Waals surface area (Å²) >= 11 is 0. The molecule has 0 heterocycles. The molecule has 1 rings (SSSR count). The molecule has 0 aromatic heterocycles. The van der Waals surface area contributed by atoms with Crippen LogP contribution < -0.4 is 5.32 Å². The first-order valence-electron chi connectivity index (χ1n) is 7.65. The Balaban J connectivity index is 0.00000289. The lowest BCUT2D eigenvalue weighted by atomic mass is 9.82. The van der Waals surface area contributed by atoms with Crippen molar-refractivity contribution in [1.29, 1.82) is 0 Å². The van der Waals surface area contributed by atoms with Gasteiger partial charge in [-0.15, -0.1) is 0 Å². The average molecular weight is 243 g/mol. The van der Waals surface area contributed by atoms with Crippen molar-refractivity contribution in [3.63, 3.8) is 0 Å². The third kappa shape index (κ3) is 7.05. The molecule has 2 nitrogen and oxygen atoms in total. The van der Waals surface area contributed by atoms with E-state index in [0.29, 0.717) is 0 Å². The van der Waals surface area contributed by atoms with Gasteiger partial charge in [-0.3, -0.25) is 0 Å². The van der Waals surface area contributed by atoms with Gasteiger partial charge >= 0.3 is 0 Å². The molecule has 0 amide bonds. The lowest BCUT2D eigenvalue weighted by molar-refractivity contribution is 0.0754. The molecule has 0 bridgehead atoms. The van der Waals surface area contributed by atoms with E-state index in [2.05, 4.69) is 19.2 Å². The summed E-state index contributed by atoms with van der Waals surface area (Å²) in [6.45, 7) is 8.76. The van der Waals surface area contributed by atoms with Crippen molar-refractivity contribution in [2.24, 2.45) is 11.8 Å². The molecule has 0 saturated heterocycles. The first-order valence-corrected chi connectivity index (χ1v) is 7.65. The van der Waals surface area contributed by atoms with Crippen molar-refractivity contribution in [3.05, 3.63) is 0 Å². The zero-order valence-electron chi connectivity index (χ0n) is 11.8. The molecule has 0 radical (unpaired) electrons. The summed E-state index contributed by atoms with van der Waals surface area (Å²) in [5.41, 5.74) is 0. The van der Waals surface area contributed by atoms with Crippen LogP contribution in [-0.4, -0.2) is 26.3 Å². The number of ether oxygens (including phenoxy) is 1. The molecule has 1 saturated carbocycles. The van der Waals surface area contributed by atoms with Crippen molar-refractivity contribution in [1.82, 2.24) is 5.32 Å². The van der Waals surface area contributed by atoms with Gasteiger partial charge in [-0.25, -0.2) is 0 Å². The molecule has 1 aliphatic carbocycles. The minimum Gasteiger partial charge on any atom is -0.381 e. The Labute approximate surface area is 109 Å². The molecular formula is C15H33NO. The summed E-state index contributed by atoms with van der Waals surface area (Å²) in [5, 5.41) is 3.47. The molecule has 1 fully saturated rings. The zero-order valence-corrected chi connectivity index (χ0v) is 11.8. The highest BCUT2D eigenvalue weighted by Crippen LogP contribution is 2.28. The van der Waals surface area contributed by atoms with Gasteiger partial charge < -0.3 is 10.1 Å². The van der Waals surface area contributed by atoms with E-state index in [1.54, 1.807) is 0 Å². The van der Waals surface area contributed by atoms with Crippen LogP contribution in [0.1, 0.15) is 60.2 Å². The van der Waals surface area contributed by atoms with Gasteiger partial charge in [-0.05, 0) is 57.0 Å². The topological polar surface area (TPSA) is 21.3 Å². The zero-order chi connectivity index (χ0) is 12.3. The second-order valence-corrected chi connectivity index (χ2v) is 5.48. The number of hydrogen-bond acceptors (Lipinski definition) is 2. The molecule has 0 atom stereocenters. The molecule has 0 aromatic rings. The van der Waals surface area contributed by atoms with E-state index >= 15 is 0 Å². The standard InChI is InChI=1S/C15H31NO.H2/c1-3-5-6-11-17-13-15-9-7-14(8-10-15)12-16-4-2;/h14-16H,3-13H2,1-2H3;1H. The van der Waals surface area contributed by atoms with E-state index in [9.17, 15) is 0 Å². The van der Waals surface area contributed by atoms with Gasteiger partial charge in [0.15, 0.2) is 0 Å². The molecule has 0 aromatic carbocycles. The Morgan fingerprint density at radius 1 is 1.06 bits per heavy atom. The van der Waals surface area contributed by atoms with Gasteiger partial charge in [-0.2, -0.15) is 0 Å². The fraction of sp³-hybridized carbons (Fsp3) is 1.00. The Hall–Kier alpha value is -0.0800. The van der Waals surface area contributed by atoms with E-state index in [4.69, 9.17) is 4.74 Å². The third-order valence-corrected chi connectivity index (χ3v) is 3.90. The summed E-state index contributed by atoms with van der Waals surface area (Å²) < 4.78 is 5.78. The lowest BCUT2D eigenvalue weighted by Gasteiger charge is -2.28. The average Bonchev–Trinajstić information content (AvgIpc) is 2.37. The quantitative estimate of drug-likeness (QED) is 0.621. The van der Waals surface area contributed by atoms with Gasteiger partial charge in [0.25, 0.3) is 0 Å². The van der Waals surface area contributed by atoms with Crippen LogP contribution in [0.5, 0.6) is 0 Å². The predicted octanol–water partition coefficient (Wildman–Crippen LogP) is 3.86. The van der Waals surface area contributed by atoms with Crippen LogP contribution >= 0.6 is 0 Å². The van der Waals surface area contributed by atoms with Crippen LogP contribution in [0.4, 0.5) is 0 Å². The van der Waals surface area contributed by atoms with Crippen molar-refractivity contribution >= 4 is 0 Å². The van der Waals surface area contributed by atoms with E-state index in [1.165, 1.54) is 51.5 Å². The predicted molar refractivity (Wildman–Crippen MR) is 76.4 cm³/mol. The SMILES string of the molecule is CCCCCOCC1CCC(CNCC)CC1.[HH]. The first-order chi connectivity index (χ1) is 8.36. The van der Waals surface area contributed by atoms with E-state index in [1.807, 2.05) is 0 Å². The number of unbranched alkanes of at least 4 members (excludes halogenated alkanes) is 2. The maximum absolute atomic E-state index is 5.78. The molecular weight excluding hydrogens is 210 g/mol. The van der Waals surface area contributed by atoms with Crippen LogP contribution in [0.15, 0.2) is 0 Å². The Kier molecular flexibility index (Phi) is 8.72.